The van der Waals surface area contributed by atoms with E-state index >= 15 is 0 Å². The minimum Gasteiger partial charge on any atom is -0.308 e. The van der Waals surface area contributed by atoms with Crippen LogP contribution in [0.1, 0.15) is 23.2 Å². The van der Waals surface area contributed by atoms with Crippen LogP contribution in [0.15, 0.2) is 24.3 Å². The molecule has 130 valence electrons. The fraction of sp³-hybridized carbons (Fsp3) is 0.556. The average Bonchev–Trinajstić information content (AvgIpc) is 2.55. The van der Waals surface area contributed by atoms with Gasteiger partial charge in [0, 0.05) is 26.2 Å². The van der Waals surface area contributed by atoms with Crippen LogP contribution < -0.4 is 10.6 Å². The first kappa shape index (κ1) is 20.1. The lowest BCUT2D eigenvalue weighted by atomic mass is 10.00. The highest BCUT2D eigenvalue weighted by Crippen LogP contribution is 2.17. The molecular formula is C18H28N6. The fourth-order valence-corrected chi connectivity index (χ4v) is 2.23. The van der Waals surface area contributed by atoms with Gasteiger partial charge in [0.1, 0.15) is 0 Å². The summed E-state index contributed by atoms with van der Waals surface area (Å²) in [7, 11) is 8.20. The van der Waals surface area contributed by atoms with Crippen molar-refractivity contribution in [1.29, 1.82) is 10.5 Å². The maximum absolute atomic E-state index is 8.99. The van der Waals surface area contributed by atoms with Crippen molar-refractivity contribution in [3.8, 4) is 12.1 Å². The minimum atomic E-state index is -0.707. The van der Waals surface area contributed by atoms with Gasteiger partial charge in [-0.1, -0.05) is 24.3 Å². The van der Waals surface area contributed by atoms with Gasteiger partial charge in [0.05, 0.1) is 18.3 Å². The molecule has 1 aromatic rings. The van der Waals surface area contributed by atoms with E-state index in [1.54, 1.807) is 0 Å². The van der Waals surface area contributed by atoms with Crippen LogP contribution in [-0.2, 0) is 0 Å². The van der Waals surface area contributed by atoms with Crippen molar-refractivity contribution < 1.29 is 0 Å². The summed E-state index contributed by atoms with van der Waals surface area (Å²) in [6, 6.07) is 11.7. The van der Waals surface area contributed by atoms with Gasteiger partial charge in [-0.25, -0.2) is 0 Å². The van der Waals surface area contributed by atoms with E-state index in [9.17, 15) is 0 Å². The van der Waals surface area contributed by atoms with E-state index in [1.165, 1.54) is 0 Å². The molecule has 0 unspecified atom stereocenters. The predicted octanol–water partition coefficient (Wildman–Crippen LogP) is 1.12. The largest absolute Gasteiger partial charge is 0.308 e. The van der Waals surface area contributed by atoms with Crippen molar-refractivity contribution in [3.05, 3.63) is 35.4 Å². The van der Waals surface area contributed by atoms with Crippen LogP contribution in [0.3, 0.4) is 0 Å². The molecule has 0 bridgehead atoms. The Balaban J connectivity index is 2.76. The van der Waals surface area contributed by atoms with Crippen LogP contribution in [0.2, 0.25) is 0 Å². The van der Waals surface area contributed by atoms with Gasteiger partial charge in [-0.15, -0.1) is 0 Å². The molecule has 0 saturated carbocycles. The van der Waals surface area contributed by atoms with Gasteiger partial charge in [0.15, 0.2) is 5.92 Å². The van der Waals surface area contributed by atoms with Gasteiger partial charge in [0.25, 0.3) is 0 Å². The zero-order valence-corrected chi connectivity index (χ0v) is 15.1. The molecule has 6 heteroatoms. The summed E-state index contributed by atoms with van der Waals surface area (Å²) in [4.78, 5) is 4.27. The molecule has 0 radical (unpaired) electrons. The molecule has 0 atom stereocenters. The second-order valence-corrected chi connectivity index (χ2v) is 6.31. The van der Waals surface area contributed by atoms with E-state index in [1.807, 2.05) is 36.4 Å². The molecule has 0 amide bonds. The number of hydrogen-bond donors (Lipinski definition) is 2. The molecule has 1 aromatic carbocycles. The highest BCUT2D eigenvalue weighted by Gasteiger charge is 2.13. The van der Waals surface area contributed by atoms with E-state index < -0.39 is 5.92 Å². The van der Waals surface area contributed by atoms with Crippen LogP contribution >= 0.6 is 0 Å². The van der Waals surface area contributed by atoms with E-state index in [-0.39, 0.29) is 6.17 Å². The van der Waals surface area contributed by atoms with Crippen LogP contribution in [0.4, 0.5) is 0 Å². The summed E-state index contributed by atoms with van der Waals surface area (Å²) >= 11 is 0. The molecule has 0 heterocycles. The van der Waals surface area contributed by atoms with Crippen molar-refractivity contribution in [2.24, 2.45) is 0 Å². The number of likely N-dealkylation sites (N-methyl/N-ethyl adjacent to an activating group) is 2. The Morgan fingerprint density at radius 3 is 1.62 bits per heavy atom. The van der Waals surface area contributed by atoms with E-state index in [2.05, 4.69) is 48.6 Å². The van der Waals surface area contributed by atoms with Gasteiger partial charge in [-0.05, 0) is 39.3 Å². The van der Waals surface area contributed by atoms with Gasteiger partial charge in [0.2, 0.25) is 0 Å². The first-order valence-electron chi connectivity index (χ1n) is 8.13. The number of rotatable bonds is 10. The zero-order chi connectivity index (χ0) is 17.9. The number of nitrogens with zero attached hydrogens (tertiary/aromatic N) is 4. The molecule has 1 rings (SSSR count). The first-order chi connectivity index (χ1) is 11.5. The summed E-state index contributed by atoms with van der Waals surface area (Å²) in [5, 5.41) is 25.0. The van der Waals surface area contributed by atoms with E-state index in [0.717, 1.165) is 37.3 Å². The van der Waals surface area contributed by atoms with Crippen molar-refractivity contribution in [3.63, 3.8) is 0 Å². The smallest absolute Gasteiger partial charge is 0.158 e. The molecule has 0 aliphatic rings. The molecule has 6 nitrogen and oxygen atoms in total. The van der Waals surface area contributed by atoms with Crippen LogP contribution in [0.25, 0.3) is 0 Å². The zero-order valence-electron chi connectivity index (χ0n) is 15.1. The predicted molar refractivity (Wildman–Crippen MR) is 96.3 cm³/mol. The molecule has 0 fully saturated rings. The molecule has 0 aromatic heterocycles. The summed E-state index contributed by atoms with van der Waals surface area (Å²) in [5.41, 5.74) is 1.84. The maximum atomic E-state index is 8.99. The lowest BCUT2D eigenvalue weighted by Gasteiger charge is -2.23. The van der Waals surface area contributed by atoms with Gasteiger partial charge in [-0.2, -0.15) is 10.5 Å². The molecule has 0 aliphatic carbocycles. The number of nitriles is 2. The Kier molecular flexibility index (Phi) is 8.99. The summed E-state index contributed by atoms with van der Waals surface area (Å²) in [6.45, 7) is 3.64. The van der Waals surface area contributed by atoms with Crippen LogP contribution in [0.5, 0.6) is 0 Å². The standard InChI is InChI=1S/C18H28N6/c1-23(2)11-9-21-18(22-10-12-24(3)4)16-7-5-15(6-8-16)17(13-19)14-20/h5-8,17-18,21-22H,9-12H2,1-4H3. The number of nitrogens with one attached hydrogen (secondary N) is 2. The summed E-state index contributed by atoms with van der Waals surface area (Å²) in [6.07, 6.45) is 0.0431. The molecule has 0 aliphatic heterocycles. The highest BCUT2D eigenvalue weighted by atomic mass is 15.2. The van der Waals surface area contributed by atoms with Crippen molar-refractivity contribution >= 4 is 0 Å². The summed E-state index contributed by atoms with van der Waals surface area (Å²) < 4.78 is 0. The Labute approximate surface area is 145 Å². The van der Waals surface area contributed by atoms with Gasteiger partial charge < -0.3 is 9.80 Å². The highest BCUT2D eigenvalue weighted by molar-refractivity contribution is 5.34. The van der Waals surface area contributed by atoms with Crippen molar-refractivity contribution in [1.82, 2.24) is 20.4 Å². The van der Waals surface area contributed by atoms with Crippen molar-refractivity contribution in [2.45, 2.75) is 12.1 Å². The number of hydrogen-bond acceptors (Lipinski definition) is 6. The Hall–Kier alpha value is -1.96. The molecule has 2 N–H and O–H groups in total. The molecule has 0 saturated heterocycles. The molecule has 0 spiro atoms. The van der Waals surface area contributed by atoms with Gasteiger partial charge in [-0.3, -0.25) is 10.6 Å². The third-order valence-electron chi connectivity index (χ3n) is 3.68. The molecular weight excluding hydrogens is 300 g/mol. The first-order valence-corrected chi connectivity index (χ1v) is 8.13. The SMILES string of the molecule is CN(C)CCNC(NCCN(C)C)c1ccc(C(C#N)C#N)cc1. The minimum absolute atomic E-state index is 0.0431. The monoisotopic (exact) mass is 328 g/mol. The summed E-state index contributed by atoms with van der Waals surface area (Å²) in [5.74, 6) is -0.707. The third-order valence-corrected chi connectivity index (χ3v) is 3.68. The Bertz CT molecular complexity index is 524. The Morgan fingerprint density at radius 2 is 1.25 bits per heavy atom. The Morgan fingerprint density at radius 1 is 0.833 bits per heavy atom. The third kappa shape index (κ3) is 7.08. The van der Waals surface area contributed by atoms with Crippen LogP contribution in [0, 0.1) is 22.7 Å². The number of benzene rings is 1. The lowest BCUT2D eigenvalue weighted by Crippen LogP contribution is -2.40. The second kappa shape index (κ2) is 10.7. The maximum Gasteiger partial charge on any atom is 0.158 e. The normalized spacial score (nSPS) is 11.2. The fourth-order valence-electron chi connectivity index (χ4n) is 2.23. The van der Waals surface area contributed by atoms with E-state index in [4.69, 9.17) is 10.5 Å². The van der Waals surface area contributed by atoms with Gasteiger partial charge >= 0.3 is 0 Å². The van der Waals surface area contributed by atoms with Crippen molar-refractivity contribution in [2.75, 3.05) is 54.4 Å². The van der Waals surface area contributed by atoms with E-state index in [0.29, 0.717) is 0 Å². The van der Waals surface area contributed by atoms with Crippen LogP contribution in [-0.4, -0.2) is 64.2 Å². The lowest BCUT2D eigenvalue weighted by molar-refractivity contribution is 0.343. The average molecular weight is 328 g/mol. The quantitative estimate of drug-likeness (QED) is 0.627. The second-order valence-electron chi connectivity index (χ2n) is 6.31. The topological polar surface area (TPSA) is 78.1 Å². The molecule has 24 heavy (non-hydrogen) atoms.